The van der Waals surface area contributed by atoms with E-state index in [0.717, 1.165) is 37.2 Å². The molecule has 1 aliphatic heterocycles. The topological polar surface area (TPSA) is 105 Å². The van der Waals surface area contributed by atoms with Gasteiger partial charge in [0.15, 0.2) is 5.78 Å². The summed E-state index contributed by atoms with van der Waals surface area (Å²) in [5.74, 6) is 0.412. The van der Waals surface area contributed by atoms with Gasteiger partial charge in [0.1, 0.15) is 5.75 Å². The van der Waals surface area contributed by atoms with E-state index in [4.69, 9.17) is 4.74 Å². The molecule has 0 saturated carbocycles. The SMILES string of the molecule is COc1ccccc1[C@@H](CNC(=O)c1ccc(NS(=O)(=O)c2ccc(C(C)=O)cc2)cc1)N1CCCC1. The number of carbonyl (C=O) groups excluding carboxylic acids is 2. The van der Waals surface area contributed by atoms with Crippen LogP contribution in [0.1, 0.15) is 52.1 Å². The van der Waals surface area contributed by atoms with Crippen LogP contribution in [-0.4, -0.2) is 51.8 Å². The highest BCUT2D eigenvalue weighted by Gasteiger charge is 2.26. The second-order valence-electron chi connectivity index (χ2n) is 8.97. The quantitative estimate of drug-likeness (QED) is 0.386. The lowest BCUT2D eigenvalue weighted by Gasteiger charge is -2.29. The van der Waals surface area contributed by atoms with Gasteiger partial charge in [-0.25, -0.2) is 8.42 Å². The average Bonchev–Trinajstić information content (AvgIpc) is 3.44. The van der Waals surface area contributed by atoms with Crippen LogP contribution in [0.15, 0.2) is 77.7 Å². The van der Waals surface area contributed by atoms with Gasteiger partial charge in [-0.15, -0.1) is 0 Å². The molecular weight excluding hydrogens is 490 g/mol. The van der Waals surface area contributed by atoms with E-state index in [1.54, 1.807) is 31.4 Å². The van der Waals surface area contributed by atoms with Gasteiger partial charge in [-0.2, -0.15) is 0 Å². The lowest BCUT2D eigenvalue weighted by atomic mass is 10.0. The largest absolute Gasteiger partial charge is 0.496 e. The fourth-order valence-corrected chi connectivity index (χ4v) is 5.55. The normalized spacial score (nSPS) is 14.6. The number of hydrogen-bond acceptors (Lipinski definition) is 6. The molecule has 1 atom stereocenters. The zero-order chi connectivity index (χ0) is 26.4. The zero-order valence-electron chi connectivity index (χ0n) is 20.9. The summed E-state index contributed by atoms with van der Waals surface area (Å²) < 4.78 is 33.5. The van der Waals surface area contributed by atoms with Gasteiger partial charge < -0.3 is 10.1 Å². The molecule has 3 aromatic carbocycles. The van der Waals surface area contributed by atoms with Crippen LogP contribution in [0.5, 0.6) is 5.75 Å². The maximum atomic E-state index is 12.9. The van der Waals surface area contributed by atoms with Crippen LogP contribution < -0.4 is 14.8 Å². The molecule has 37 heavy (non-hydrogen) atoms. The standard InChI is InChI=1S/C28H31N3O5S/c1-20(32)21-11-15-24(16-12-21)37(34,35)30-23-13-9-22(10-14-23)28(33)29-19-26(31-17-5-6-18-31)25-7-3-4-8-27(25)36-2/h3-4,7-16,26,30H,5-6,17-19H2,1-2H3,(H,29,33)/t26-/m1/s1. The Hall–Kier alpha value is -3.69. The van der Waals surface area contributed by atoms with Crippen LogP contribution in [0.2, 0.25) is 0 Å². The minimum absolute atomic E-state index is 0.0110. The number of hydrogen-bond donors (Lipinski definition) is 2. The monoisotopic (exact) mass is 521 g/mol. The molecule has 0 radical (unpaired) electrons. The molecule has 9 heteroatoms. The van der Waals surface area contributed by atoms with Gasteiger partial charge in [0.25, 0.3) is 15.9 Å². The van der Waals surface area contributed by atoms with Gasteiger partial charge in [-0.3, -0.25) is 19.2 Å². The molecule has 1 amide bonds. The molecule has 4 rings (SSSR count). The first-order valence-electron chi connectivity index (χ1n) is 12.2. The van der Waals surface area contributed by atoms with E-state index < -0.39 is 10.0 Å². The van der Waals surface area contributed by atoms with E-state index in [1.165, 1.54) is 31.2 Å². The van der Waals surface area contributed by atoms with E-state index in [9.17, 15) is 18.0 Å². The van der Waals surface area contributed by atoms with Gasteiger partial charge in [0.05, 0.1) is 18.0 Å². The summed E-state index contributed by atoms with van der Waals surface area (Å²) in [7, 11) is -2.19. The van der Waals surface area contributed by atoms with Crippen molar-refractivity contribution in [1.82, 2.24) is 10.2 Å². The Morgan fingerprint density at radius 3 is 2.16 bits per heavy atom. The zero-order valence-corrected chi connectivity index (χ0v) is 21.8. The number of para-hydroxylation sites is 1. The predicted octanol–water partition coefficient (Wildman–Crippen LogP) is 4.27. The number of amides is 1. The van der Waals surface area contributed by atoms with Gasteiger partial charge in [-0.05, 0) is 75.3 Å². The molecule has 0 spiro atoms. The number of sulfonamides is 1. The molecule has 0 bridgehead atoms. The third-order valence-electron chi connectivity index (χ3n) is 6.51. The Morgan fingerprint density at radius 1 is 0.919 bits per heavy atom. The number of anilines is 1. The third kappa shape index (κ3) is 6.36. The Morgan fingerprint density at radius 2 is 1.54 bits per heavy atom. The highest BCUT2D eigenvalue weighted by Crippen LogP contribution is 2.31. The van der Waals surface area contributed by atoms with Crippen molar-refractivity contribution < 1.29 is 22.7 Å². The lowest BCUT2D eigenvalue weighted by molar-refractivity contribution is 0.0936. The average molecular weight is 522 g/mol. The van der Waals surface area contributed by atoms with Crippen molar-refractivity contribution in [2.45, 2.75) is 30.7 Å². The summed E-state index contributed by atoms with van der Waals surface area (Å²) in [5, 5.41) is 3.03. The molecule has 0 aliphatic carbocycles. The summed E-state index contributed by atoms with van der Waals surface area (Å²) in [4.78, 5) is 26.8. The van der Waals surface area contributed by atoms with Gasteiger partial charge in [0.2, 0.25) is 0 Å². The van der Waals surface area contributed by atoms with Gasteiger partial charge in [0, 0.05) is 28.9 Å². The van der Waals surface area contributed by atoms with Crippen LogP contribution in [0.25, 0.3) is 0 Å². The van der Waals surface area contributed by atoms with E-state index in [0.29, 0.717) is 23.4 Å². The molecule has 3 aromatic rings. The van der Waals surface area contributed by atoms with Crippen LogP contribution >= 0.6 is 0 Å². The second kappa shape index (κ2) is 11.6. The molecule has 8 nitrogen and oxygen atoms in total. The number of rotatable bonds is 10. The first-order valence-corrected chi connectivity index (χ1v) is 13.7. The maximum absolute atomic E-state index is 12.9. The highest BCUT2D eigenvalue weighted by atomic mass is 32.2. The smallest absolute Gasteiger partial charge is 0.261 e. The molecule has 1 saturated heterocycles. The summed E-state index contributed by atoms with van der Waals surface area (Å²) in [6.07, 6.45) is 2.25. The third-order valence-corrected chi connectivity index (χ3v) is 7.90. The Balaban J connectivity index is 1.42. The number of methoxy groups -OCH3 is 1. The van der Waals surface area contributed by atoms with Crippen LogP contribution in [0.3, 0.4) is 0 Å². The van der Waals surface area contributed by atoms with Crippen molar-refractivity contribution in [2.75, 3.05) is 31.5 Å². The number of carbonyl (C=O) groups is 2. The van der Waals surface area contributed by atoms with Crippen molar-refractivity contribution in [3.05, 3.63) is 89.5 Å². The summed E-state index contributed by atoms with van der Waals surface area (Å²) in [6, 6.07) is 19.8. The fraction of sp³-hybridized carbons (Fsp3) is 0.286. The number of likely N-dealkylation sites (tertiary alicyclic amines) is 1. The molecule has 0 unspecified atom stereocenters. The van der Waals surface area contributed by atoms with Crippen molar-refractivity contribution in [1.29, 1.82) is 0 Å². The predicted molar refractivity (Wildman–Crippen MR) is 143 cm³/mol. The van der Waals surface area contributed by atoms with E-state index >= 15 is 0 Å². The maximum Gasteiger partial charge on any atom is 0.261 e. The van der Waals surface area contributed by atoms with Crippen molar-refractivity contribution in [2.24, 2.45) is 0 Å². The van der Waals surface area contributed by atoms with Crippen LogP contribution in [0.4, 0.5) is 5.69 Å². The number of ketones is 1. The highest BCUT2D eigenvalue weighted by molar-refractivity contribution is 7.92. The van der Waals surface area contributed by atoms with Crippen molar-refractivity contribution in [3.8, 4) is 5.75 Å². The Labute approximate surface area is 217 Å². The van der Waals surface area contributed by atoms with E-state index in [-0.39, 0.29) is 22.6 Å². The van der Waals surface area contributed by atoms with Crippen LogP contribution in [0, 0.1) is 0 Å². The lowest BCUT2D eigenvalue weighted by Crippen LogP contribution is -2.37. The number of ether oxygens (including phenoxy) is 1. The Kier molecular flexibility index (Phi) is 8.25. The minimum Gasteiger partial charge on any atom is -0.496 e. The molecule has 194 valence electrons. The van der Waals surface area contributed by atoms with Crippen molar-refractivity contribution >= 4 is 27.4 Å². The molecule has 1 aliphatic rings. The summed E-state index contributed by atoms with van der Waals surface area (Å²) in [5.41, 5.74) is 2.23. The van der Waals surface area contributed by atoms with Gasteiger partial charge >= 0.3 is 0 Å². The first-order chi connectivity index (χ1) is 17.8. The van der Waals surface area contributed by atoms with Crippen LogP contribution in [-0.2, 0) is 10.0 Å². The fourth-order valence-electron chi connectivity index (χ4n) is 4.49. The number of Topliss-reactive ketones (excluding diaryl/α,β-unsaturated/α-hetero) is 1. The molecule has 0 aromatic heterocycles. The molecule has 2 N–H and O–H groups in total. The molecule has 1 heterocycles. The van der Waals surface area contributed by atoms with Gasteiger partial charge in [-0.1, -0.05) is 30.3 Å². The number of benzene rings is 3. The second-order valence-corrected chi connectivity index (χ2v) is 10.7. The Bertz CT molecular complexity index is 1350. The molecule has 1 fully saturated rings. The number of nitrogens with one attached hydrogen (secondary N) is 2. The number of nitrogens with zero attached hydrogens (tertiary/aromatic N) is 1. The van der Waals surface area contributed by atoms with E-state index in [2.05, 4.69) is 14.9 Å². The first kappa shape index (κ1) is 26.4. The van der Waals surface area contributed by atoms with Crippen molar-refractivity contribution in [3.63, 3.8) is 0 Å². The molecular formula is C28H31N3O5S. The minimum atomic E-state index is -3.84. The van der Waals surface area contributed by atoms with E-state index in [1.807, 2.05) is 24.3 Å². The summed E-state index contributed by atoms with van der Waals surface area (Å²) >= 11 is 0. The summed E-state index contributed by atoms with van der Waals surface area (Å²) in [6.45, 7) is 3.77.